The maximum absolute atomic E-state index is 12.7. The van der Waals surface area contributed by atoms with Crippen LogP contribution in [0.1, 0.15) is 10.4 Å². The lowest BCUT2D eigenvalue weighted by atomic mass is 10.1. The fourth-order valence-corrected chi connectivity index (χ4v) is 2.27. The summed E-state index contributed by atoms with van der Waals surface area (Å²) in [5, 5.41) is 0. The number of pyridine rings is 1. The number of hydrogen-bond donors (Lipinski definition) is 0. The van der Waals surface area contributed by atoms with Gasteiger partial charge in [0.1, 0.15) is 27.2 Å². The van der Waals surface area contributed by atoms with E-state index < -0.39 is 11.7 Å². The minimum absolute atomic E-state index is 0.00750. The molecule has 0 aliphatic carbocycles. The molecule has 0 amide bonds. The van der Waals surface area contributed by atoms with Gasteiger partial charge in [0, 0.05) is 11.1 Å². The van der Waals surface area contributed by atoms with Crippen LogP contribution in [0.4, 0.5) is 13.2 Å². The van der Waals surface area contributed by atoms with Crippen LogP contribution in [0.5, 0.6) is 0 Å². The quantitative estimate of drug-likeness (QED) is 0.776. The summed E-state index contributed by atoms with van der Waals surface area (Å²) in [5.74, 6) is 0. The topological polar surface area (TPSA) is 81.2 Å². The largest absolute Gasteiger partial charge is 0.418 e. The molecule has 2 heterocycles. The Hall–Kier alpha value is -2.68. The van der Waals surface area contributed by atoms with Crippen molar-refractivity contribution in [1.29, 1.82) is 0 Å². The van der Waals surface area contributed by atoms with Crippen molar-refractivity contribution in [1.82, 2.24) is 4.98 Å². The van der Waals surface area contributed by atoms with Crippen LogP contribution in [0.15, 0.2) is 30.5 Å². The number of alkyl halides is 3. The summed E-state index contributed by atoms with van der Waals surface area (Å²) in [6, 6.07) is 5.80. The molecule has 2 rings (SSSR count). The van der Waals surface area contributed by atoms with Gasteiger partial charge in [-0.1, -0.05) is 0 Å². The van der Waals surface area contributed by atoms with Crippen molar-refractivity contribution in [2.45, 2.75) is 13.1 Å². The second kappa shape index (κ2) is 15.2. The summed E-state index contributed by atoms with van der Waals surface area (Å²) < 4.78 is 38.1. The first-order valence-corrected chi connectivity index (χ1v) is 6.54. The van der Waals surface area contributed by atoms with Crippen LogP contribution < -0.4 is 0 Å². The average Bonchev–Trinajstić information content (AvgIpc) is 3.07. The number of nitrogens with zero attached hydrogens (tertiary/aromatic N) is 1. The summed E-state index contributed by atoms with van der Waals surface area (Å²) in [6.45, 7) is 9.85. The molecule has 132 valence electrons. The Morgan fingerprint density at radius 3 is 1.79 bits per heavy atom. The lowest BCUT2D eigenvalue weighted by molar-refractivity contribution is -0.137. The van der Waals surface area contributed by atoms with E-state index in [-0.39, 0.29) is 5.69 Å². The van der Waals surface area contributed by atoms with Gasteiger partial charge in [0.25, 0.3) is 0 Å². The highest BCUT2D eigenvalue weighted by Crippen LogP contribution is 2.37. The molecule has 0 radical (unpaired) electrons. The van der Waals surface area contributed by atoms with Gasteiger partial charge in [-0.05, 0) is 31.2 Å². The number of aromatic nitrogens is 1. The molecule has 0 atom stereocenters. The number of halogens is 3. The van der Waals surface area contributed by atoms with Crippen LogP contribution >= 0.6 is 11.3 Å². The predicted octanol–water partition coefficient (Wildman–Crippen LogP) is 3.40. The van der Waals surface area contributed by atoms with Crippen molar-refractivity contribution in [3.63, 3.8) is 0 Å². The molecular weight excluding hydrogens is 347 g/mol. The van der Waals surface area contributed by atoms with Crippen molar-refractivity contribution in [3.8, 4) is 10.6 Å². The zero-order chi connectivity index (χ0) is 19.8. The summed E-state index contributed by atoms with van der Waals surface area (Å²) >= 11 is 1.31. The third-order valence-electron chi connectivity index (χ3n) is 2.09. The van der Waals surface area contributed by atoms with E-state index in [2.05, 4.69) is 4.98 Å². The van der Waals surface area contributed by atoms with Crippen LogP contribution in [-0.2, 0) is 25.4 Å². The van der Waals surface area contributed by atoms with Crippen molar-refractivity contribution in [2.75, 3.05) is 0 Å². The third kappa shape index (κ3) is 8.69. The van der Waals surface area contributed by atoms with E-state index in [1.807, 2.05) is 34.1 Å². The molecule has 0 bridgehead atoms. The van der Waals surface area contributed by atoms with E-state index in [4.69, 9.17) is 19.2 Å². The van der Waals surface area contributed by atoms with E-state index in [0.29, 0.717) is 4.88 Å². The van der Waals surface area contributed by atoms with Crippen LogP contribution in [0.2, 0.25) is 0 Å². The Bertz CT molecular complexity index is 568. The molecule has 5 nitrogen and oxygen atoms in total. The van der Waals surface area contributed by atoms with Gasteiger partial charge in [-0.15, -0.1) is 11.3 Å². The summed E-state index contributed by atoms with van der Waals surface area (Å²) in [5.41, 5.74) is -0.676. The van der Waals surface area contributed by atoms with Gasteiger partial charge in [0.05, 0.1) is 16.1 Å². The molecule has 2 aromatic heterocycles. The summed E-state index contributed by atoms with van der Waals surface area (Å²) in [7, 11) is 0. The van der Waals surface area contributed by atoms with E-state index in [0.717, 1.165) is 10.9 Å². The molecule has 0 unspecified atom stereocenters. The first-order valence-electron chi connectivity index (χ1n) is 5.73. The van der Waals surface area contributed by atoms with E-state index in [9.17, 15) is 13.2 Å². The van der Waals surface area contributed by atoms with Gasteiger partial charge >= 0.3 is 6.18 Å². The second-order valence-corrected chi connectivity index (χ2v) is 4.60. The molecule has 2 aromatic rings. The number of hydrogen-bond acceptors (Lipinski definition) is 6. The molecular formula is C15H16F3NO4S. The molecule has 0 saturated heterocycles. The van der Waals surface area contributed by atoms with Crippen LogP contribution in [0.3, 0.4) is 0 Å². The van der Waals surface area contributed by atoms with Crippen molar-refractivity contribution >= 4 is 38.5 Å². The monoisotopic (exact) mass is 363 g/mol. The zero-order valence-electron chi connectivity index (χ0n) is 12.8. The van der Waals surface area contributed by atoms with Gasteiger partial charge in [-0.3, -0.25) is 4.98 Å². The summed E-state index contributed by atoms with van der Waals surface area (Å²) in [6.07, 6.45) is -2.99. The average molecular weight is 363 g/mol. The number of rotatable bonds is 1. The Labute approximate surface area is 141 Å². The Balaban J connectivity index is -0.000000484. The maximum atomic E-state index is 12.7. The van der Waals surface area contributed by atoms with E-state index in [1.54, 1.807) is 12.1 Å². The molecule has 0 spiro atoms. The fraction of sp³-hybridized carbons (Fsp3) is 0.133. The molecule has 0 aliphatic heterocycles. The predicted molar refractivity (Wildman–Crippen MR) is 85.8 cm³/mol. The van der Waals surface area contributed by atoms with Crippen LogP contribution in [0, 0.1) is 6.92 Å². The maximum Gasteiger partial charge on any atom is 0.418 e. The lowest BCUT2D eigenvalue weighted by Crippen LogP contribution is -2.07. The Morgan fingerprint density at radius 1 is 0.917 bits per heavy atom. The van der Waals surface area contributed by atoms with Crippen molar-refractivity contribution in [3.05, 3.63) is 40.9 Å². The van der Waals surface area contributed by atoms with Gasteiger partial charge in [-0.2, -0.15) is 13.2 Å². The van der Waals surface area contributed by atoms with Gasteiger partial charge in [0.15, 0.2) is 0 Å². The lowest BCUT2D eigenvalue weighted by Gasteiger charge is -2.09. The highest BCUT2D eigenvalue weighted by atomic mass is 32.1. The molecule has 24 heavy (non-hydrogen) atoms. The summed E-state index contributed by atoms with van der Waals surface area (Å²) in [4.78, 5) is 37.3. The highest BCUT2D eigenvalue weighted by Gasteiger charge is 2.34. The third-order valence-corrected chi connectivity index (χ3v) is 3.09. The van der Waals surface area contributed by atoms with Crippen molar-refractivity contribution < 1.29 is 32.3 Å². The minimum atomic E-state index is -4.36. The molecule has 0 saturated carbocycles. The first kappa shape index (κ1) is 26.2. The molecule has 9 heteroatoms. The second-order valence-electron chi connectivity index (χ2n) is 3.31. The Morgan fingerprint density at radius 2 is 1.42 bits per heavy atom. The number of carbonyl (C=O) groups is 4. The minimum Gasteiger partial charge on any atom is -0.307 e. The van der Waals surface area contributed by atoms with Gasteiger partial charge in [0.2, 0.25) is 0 Å². The standard InChI is InChI=1S/C11H8F3NS.4CH2O/c1-7-4-5-9(16-7)10-8(11(12,13)14)3-2-6-15-10;4*1-2/h2-6H,1H3;4*1H2. The molecule has 0 N–H and O–H groups in total. The Kier molecular flexibility index (Phi) is 16.6. The smallest absolute Gasteiger partial charge is 0.307 e. The molecule has 0 aliphatic rings. The number of aryl methyl sites for hydroxylation is 1. The normalized spacial score (nSPS) is 8.50. The SMILES string of the molecule is C=O.C=O.C=O.C=O.Cc1ccc(-c2ncccc2C(F)(F)F)s1. The number of thiophene rings is 1. The molecule has 0 fully saturated rings. The van der Waals surface area contributed by atoms with Crippen LogP contribution in [0.25, 0.3) is 10.6 Å². The van der Waals surface area contributed by atoms with Gasteiger partial charge in [-0.25, -0.2) is 0 Å². The van der Waals surface area contributed by atoms with E-state index >= 15 is 0 Å². The van der Waals surface area contributed by atoms with Crippen molar-refractivity contribution in [2.24, 2.45) is 0 Å². The zero-order valence-corrected chi connectivity index (χ0v) is 13.7. The fourth-order valence-electron chi connectivity index (χ4n) is 1.39. The molecule has 0 aromatic carbocycles. The first-order chi connectivity index (χ1) is 11.5. The van der Waals surface area contributed by atoms with Gasteiger partial charge < -0.3 is 19.2 Å². The van der Waals surface area contributed by atoms with Crippen LogP contribution in [-0.4, -0.2) is 32.1 Å². The number of carbonyl (C=O) groups excluding carboxylic acids is 4. The van der Waals surface area contributed by atoms with E-state index in [1.165, 1.54) is 23.6 Å². The highest BCUT2D eigenvalue weighted by molar-refractivity contribution is 7.15.